The average molecular weight is 339 g/mol. The predicted octanol–water partition coefficient (Wildman–Crippen LogP) is 2.59. The fourth-order valence-corrected chi connectivity index (χ4v) is 1.92. The number of carbonyl (C=O) groups is 1. The Morgan fingerprint density at radius 2 is 2.20 bits per heavy atom. The van der Waals surface area contributed by atoms with Gasteiger partial charge in [0.2, 0.25) is 0 Å². The van der Waals surface area contributed by atoms with Crippen molar-refractivity contribution in [2.24, 2.45) is 0 Å². The summed E-state index contributed by atoms with van der Waals surface area (Å²) < 4.78 is 5.55. The van der Waals surface area contributed by atoms with Crippen molar-refractivity contribution in [2.45, 2.75) is 19.9 Å². The monoisotopic (exact) mass is 338 g/mol. The first-order valence-corrected chi connectivity index (χ1v) is 6.67. The molecular formula is C14H15BrN2O3. The van der Waals surface area contributed by atoms with Crippen LogP contribution >= 0.6 is 15.9 Å². The highest BCUT2D eigenvalue weighted by Crippen LogP contribution is 2.33. The molecule has 0 aliphatic carbocycles. The van der Waals surface area contributed by atoms with Crippen molar-refractivity contribution >= 4 is 27.9 Å². The Kier molecular flexibility index (Phi) is 5.59. The molecule has 1 amide bonds. The lowest BCUT2D eigenvalue weighted by Crippen LogP contribution is -2.30. The molecule has 0 unspecified atom stereocenters. The summed E-state index contributed by atoms with van der Waals surface area (Å²) in [6.45, 7) is 3.62. The Morgan fingerprint density at radius 3 is 2.70 bits per heavy atom. The van der Waals surface area contributed by atoms with E-state index >= 15 is 0 Å². The van der Waals surface area contributed by atoms with E-state index in [4.69, 9.17) is 10.00 Å². The van der Waals surface area contributed by atoms with E-state index in [1.165, 1.54) is 19.3 Å². The predicted molar refractivity (Wildman–Crippen MR) is 79.2 cm³/mol. The minimum atomic E-state index is -0.443. The Morgan fingerprint density at radius 1 is 1.55 bits per heavy atom. The van der Waals surface area contributed by atoms with Crippen molar-refractivity contribution in [3.05, 3.63) is 27.7 Å². The van der Waals surface area contributed by atoms with Gasteiger partial charge in [0, 0.05) is 10.5 Å². The number of carbonyl (C=O) groups excluding carboxylic acids is 1. The van der Waals surface area contributed by atoms with Crippen LogP contribution in [0.3, 0.4) is 0 Å². The van der Waals surface area contributed by atoms with E-state index in [1.54, 1.807) is 6.07 Å². The first kappa shape index (κ1) is 16.1. The van der Waals surface area contributed by atoms with Crippen molar-refractivity contribution in [3.63, 3.8) is 0 Å². The maximum Gasteiger partial charge on any atom is 0.262 e. The fourth-order valence-electron chi connectivity index (χ4n) is 1.48. The highest BCUT2D eigenvalue weighted by Gasteiger charge is 2.12. The smallest absolute Gasteiger partial charge is 0.262 e. The van der Waals surface area contributed by atoms with Crippen molar-refractivity contribution in [3.8, 4) is 17.6 Å². The third kappa shape index (κ3) is 4.00. The van der Waals surface area contributed by atoms with E-state index in [9.17, 15) is 9.90 Å². The van der Waals surface area contributed by atoms with Crippen molar-refractivity contribution in [2.75, 3.05) is 7.11 Å². The molecule has 0 bridgehead atoms. The van der Waals surface area contributed by atoms with Gasteiger partial charge in [-0.2, -0.15) is 5.26 Å². The molecule has 0 atom stereocenters. The lowest BCUT2D eigenvalue weighted by atomic mass is 10.1. The van der Waals surface area contributed by atoms with Gasteiger partial charge in [-0.15, -0.1) is 0 Å². The Labute approximate surface area is 126 Å². The van der Waals surface area contributed by atoms with Crippen LogP contribution in [0.1, 0.15) is 19.4 Å². The van der Waals surface area contributed by atoms with Crippen LogP contribution in [0, 0.1) is 11.3 Å². The molecule has 6 heteroatoms. The number of nitriles is 1. The molecule has 0 fully saturated rings. The number of hydrogen-bond donors (Lipinski definition) is 2. The van der Waals surface area contributed by atoms with Crippen LogP contribution in [-0.4, -0.2) is 24.2 Å². The molecule has 0 aliphatic rings. The SMILES string of the molecule is COc1cc(C=C(C#N)C(=O)NC(C)C)c(Br)cc1O. The lowest BCUT2D eigenvalue weighted by Gasteiger charge is -2.09. The zero-order valence-electron chi connectivity index (χ0n) is 11.4. The number of ether oxygens (including phenoxy) is 1. The number of amides is 1. The van der Waals surface area contributed by atoms with E-state index in [0.717, 1.165) is 0 Å². The average Bonchev–Trinajstić information content (AvgIpc) is 2.36. The van der Waals surface area contributed by atoms with Gasteiger partial charge in [-0.25, -0.2) is 0 Å². The van der Waals surface area contributed by atoms with Crippen LogP contribution in [0.5, 0.6) is 11.5 Å². The van der Waals surface area contributed by atoms with E-state index in [1.807, 2.05) is 19.9 Å². The van der Waals surface area contributed by atoms with E-state index < -0.39 is 5.91 Å². The molecule has 1 aromatic carbocycles. The molecular weight excluding hydrogens is 324 g/mol. The minimum absolute atomic E-state index is 0.0212. The lowest BCUT2D eigenvalue weighted by molar-refractivity contribution is -0.117. The van der Waals surface area contributed by atoms with Gasteiger partial charge >= 0.3 is 0 Å². The van der Waals surface area contributed by atoms with E-state index in [0.29, 0.717) is 10.0 Å². The van der Waals surface area contributed by atoms with E-state index in [2.05, 4.69) is 21.2 Å². The Balaban J connectivity index is 3.20. The molecule has 2 N–H and O–H groups in total. The molecule has 0 spiro atoms. The third-order valence-electron chi connectivity index (χ3n) is 2.38. The summed E-state index contributed by atoms with van der Waals surface area (Å²) in [5.41, 5.74) is 0.544. The van der Waals surface area contributed by atoms with Gasteiger partial charge < -0.3 is 15.2 Å². The number of rotatable bonds is 4. The van der Waals surface area contributed by atoms with Crippen molar-refractivity contribution in [1.82, 2.24) is 5.32 Å². The van der Waals surface area contributed by atoms with Crippen LogP contribution < -0.4 is 10.1 Å². The number of methoxy groups -OCH3 is 1. The van der Waals surface area contributed by atoms with E-state index in [-0.39, 0.29) is 23.1 Å². The van der Waals surface area contributed by atoms with Gasteiger partial charge in [0.05, 0.1) is 7.11 Å². The molecule has 5 nitrogen and oxygen atoms in total. The highest BCUT2D eigenvalue weighted by molar-refractivity contribution is 9.10. The second-order valence-electron chi connectivity index (χ2n) is 4.34. The number of halogens is 1. The molecule has 0 aliphatic heterocycles. The van der Waals surface area contributed by atoms with Crippen molar-refractivity contribution in [1.29, 1.82) is 5.26 Å². The van der Waals surface area contributed by atoms with Gasteiger partial charge in [-0.3, -0.25) is 4.79 Å². The van der Waals surface area contributed by atoms with Crippen LogP contribution in [0.4, 0.5) is 0 Å². The largest absolute Gasteiger partial charge is 0.504 e. The molecule has 1 aromatic rings. The second kappa shape index (κ2) is 6.96. The molecule has 0 saturated carbocycles. The number of nitrogens with zero attached hydrogens (tertiary/aromatic N) is 1. The number of nitrogens with one attached hydrogen (secondary N) is 1. The minimum Gasteiger partial charge on any atom is -0.504 e. The zero-order chi connectivity index (χ0) is 15.3. The molecule has 1 rings (SSSR count). The summed E-state index contributed by atoms with van der Waals surface area (Å²) in [7, 11) is 1.42. The van der Waals surface area contributed by atoms with Gasteiger partial charge in [0.25, 0.3) is 5.91 Å². The summed E-state index contributed by atoms with van der Waals surface area (Å²) >= 11 is 3.27. The van der Waals surface area contributed by atoms with Crippen LogP contribution in [0.15, 0.2) is 22.2 Å². The third-order valence-corrected chi connectivity index (χ3v) is 3.07. The quantitative estimate of drug-likeness (QED) is 0.653. The number of phenolic OH excluding ortho intramolecular Hbond substituents is 1. The summed E-state index contributed by atoms with van der Waals surface area (Å²) in [5, 5.41) is 21.3. The molecule has 0 aromatic heterocycles. The number of phenols is 1. The fraction of sp³-hybridized carbons (Fsp3) is 0.286. The first-order valence-electron chi connectivity index (χ1n) is 5.88. The van der Waals surface area contributed by atoms with Gasteiger partial charge in [0.1, 0.15) is 11.6 Å². The summed E-state index contributed by atoms with van der Waals surface area (Å²) in [4.78, 5) is 11.8. The molecule has 0 saturated heterocycles. The summed E-state index contributed by atoms with van der Waals surface area (Å²) in [6, 6.07) is 4.79. The Hall–Kier alpha value is -2.00. The van der Waals surface area contributed by atoms with Gasteiger partial charge in [-0.05, 0) is 37.6 Å². The Bertz CT molecular complexity index is 589. The van der Waals surface area contributed by atoms with Gasteiger partial charge in [-0.1, -0.05) is 15.9 Å². The summed E-state index contributed by atoms with van der Waals surface area (Å²) in [5.74, 6) is -0.205. The van der Waals surface area contributed by atoms with Crippen LogP contribution in [-0.2, 0) is 4.79 Å². The first-order chi connectivity index (χ1) is 9.38. The molecule has 106 valence electrons. The van der Waals surface area contributed by atoms with Crippen LogP contribution in [0.2, 0.25) is 0 Å². The van der Waals surface area contributed by atoms with Crippen molar-refractivity contribution < 1.29 is 14.6 Å². The molecule has 0 radical (unpaired) electrons. The second-order valence-corrected chi connectivity index (χ2v) is 5.20. The highest BCUT2D eigenvalue weighted by atomic mass is 79.9. The van der Waals surface area contributed by atoms with Crippen LogP contribution in [0.25, 0.3) is 6.08 Å². The number of aromatic hydroxyl groups is 1. The zero-order valence-corrected chi connectivity index (χ0v) is 13.0. The normalized spacial score (nSPS) is 11.1. The topological polar surface area (TPSA) is 82.3 Å². The summed E-state index contributed by atoms with van der Waals surface area (Å²) in [6.07, 6.45) is 1.43. The van der Waals surface area contributed by atoms with Gasteiger partial charge in [0.15, 0.2) is 11.5 Å². The molecule has 20 heavy (non-hydrogen) atoms. The molecule has 0 heterocycles. The standard InChI is InChI=1S/C14H15BrN2O3/c1-8(2)17-14(19)10(7-16)4-9-5-13(20-3)12(18)6-11(9)15/h4-6,8,18H,1-3H3,(H,17,19). The maximum atomic E-state index is 11.8. The number of hydrogen-bond acceptors (Lipinski definition) is 4. The number of benzene rings is 1. The maximum absolute atomic E-state index is 11.8.